The van der Waals surface area contributed by atoms with Crippen molar-refractivity contribution in [3.63, 3.8) is 0 Å². The molecule has 150 valence electrons. The first-order chi connectivity index (χ1) is 14.0. The largest absolute Gasteiger partial charge is 0.494 e. The summed E-state index contributed by atoms with van der Waals surface area (Å²) in [6.45, 7) is 2.33. The number of urea groups is 1. The molecule has 2 aromatic rings. The second kappa shape index (κ2) is 7.73. The molecule has 2 aliphatic heterocycles. The van der Waals surface area contributed by atoms with Gasteiger partial charge in [-0.05, 0) is 43.3 Å². The molecular weight excluding hydrogens is 399 g/mol. The third-order valence-electron chi connectivity index (χ3n) is 4.66. The second-order valence-corrected chi connectivity index (χ2v) is 6.85. The number of hydrazine groups is 1. The minimum atomic E-state index is -0.926. The van der Waals surface area contributed by atoms with Crippen molar-refractivity contribution in [2.24, 2.45) is 0 Å². The van der Waals surface area contributed by atoms with Gasteiger partial charge in [0.2, 0.25) is 0 Å². The number of rotatable bonds is 5. The highest BCUT2D eigenvalue weighted by atomic mass is 35.5. The number of amides is 3. The van der Waals surface area contributed by atoms with Crippen LogP contribution in [-0.4, -0.2) is 34.6 Å². The molecule has 1 fully saturated rings. The van der Waals surface area contributed by atoms with Crippen LogP contribution in [0.2, 0.25) is 5.02 Å². The summed E-state index contributed by atoms with van der Waals surface area (Å²) >= 11 is 6.06. The Morgan fingerprint density at radius 2 is 1.90 bits per heavy atom. The number of halogens is 2. The number of fused-ring (bicyclic) bond motifs is 1. The number of hydrogen-bond acceptors (Lipinski definition) is 4. The fourth-order valence-corrected chi connectivity index (χ4v) is 3.44. The lowest BCUT2D eigenvalue weighted by Crippen LogP contribution is -2.51. The Hall–Kier alpha value is -3.10. The molecule has 0 spiro atoms. The standard InChI is InChI=1S/C20H18ClFN4O3/c1-2-29-14-8-6-13(7-9-14)24-10-11-25-18(19(24)27)23-26(20(25)28)12-15-16(21)4-3-5-17(15)22/h3-11,18,23H,2,12H2,1H3. The lowest BCUT2D eigenvalue weighted by Gasteiger charge is -2.29. The van der Waals surface area contributed by atoms with E-state index in [-0.39, 0.29) is 23.0 Å². The average molecular weight is 417 g/mol. The fourth-order valence-electron chi connectivity index (χ4n) is 3.22. The quantitative estimate of drug-likeness (QED) is 0.810. The molecule has 3 amide bonds. The molecule has 0 saturated carbocycles. The minimum Gasteiger partial charge on any atom is -0.494 e. The van der Waals surface area contributed by atoms with E-state index in [0.717, 1.165) is 0 Å². The normalized spacial score (nSPS) is 18.4. The number of nitrogens with zero attached hydrogens (tertiary/aromatic N) is 3. The van der Waals surface area contributed by atoms with Gasteiger partial charge in [-0.15, -0.1) is 0 Å². The van der Waals surface area contributed by atoms with E-state index in [1.807, 2.05) is 6.92 Å². The first kappa shape index (κ1) is 19.2. The Kier molecular flexibility index (Phi) is 5.12. The van der Waals surface area contributed by atoms with Gasteiger partial charge in [-0.2, -0.15) is 5.43 Å². The summed E-state index contributed by atoms with van der Waals surface area (Å²) in [6, 6.07) is 10.9. The van der Waals surface area contributed by atoms with Crippen molar-refractivity contribution >= 4 is 29.2 Å². The molecule has 0 aromatic heterocycles. The summed E-state index contributed by atoms with van der Waals surface area (Å²) in [7, 11) is 0. The van der Waals surface area contributed by atoms with E-state index in [0.29, 0.717) is 18.0 Å². The van der Waals surface area contributed by atoms with Gasteiger partial charge in [0.15, 0.2) is 6.17 Å². The van der Waals surface area contributed by atoms with E-state index < -0.39 is 18.0 Å². The molecule has 1 N–H and O–H groups in total. The lowest BCUT2D eigenvalue weighted by atomic mass is 10.2. The Bertz CT molecular complexity index is 962. The summed E-state index contributed by atoms with van der Waals surface area (Å²) in [5.41, 5.74) is 3.66. The molecule has 1 saturated heterocycles. The van der Waals surface area contributed by atoms with Crippen molar-refractivity contribution in [3.8, 4) is 5.75 Å². The van der Waals surface area contributed by atoms with Crippen molar-refractivity contribution in [1.29, 1.82) is 0 Å². The first-order valence-electron chi connectivity index (χ1n) is 9.02. The van der Waals surface area contributed by atoms with Crippen LogP contribution in [0.25, 0.3) is 0 Å². The van der Waals surface area contributed by atoms with Crippen molar-refractivity contribution in [2.75, 3.05) is 11.5 Å². The van der Waals surface area contributed by atoms with Gasteiger partial charge >= 0.3 is 6.03 Å². The van der Waals surface area contributed by atoms with Gasteiger partial charge in [-0.25, -0.2) is 9.18 Å². The number of ether oxygens (including phenoxy) is 1. The van der Waals surface area contributed by atoms with E-state index >= 15 is 0 Å². The van der Waals surface area contributed by atoms with Gasteiger partial charge in [-0.1, -0.05) is 17.7 Å². The topological polar surface area (TPSA) is 65.1 Å². The molecular formula is C20H18ClFN4O3. The highest BCUT2D eigenvalue weighted by Gasteiger charge is 2.44. The number of anilines is 1. The van der Waals surface area contributed by atoms with Crippen molar-refractivity contribution < 1.29 is 18.7 Å². The molecule has 2 aliphatic rings. The Balaban J connectivity index is 1.53. The smallest absolute Gasteiger partial charge is 0.340 e. The lowest BCUT2D eigenvalue weighted by molar-refractivity contribution is -0.122. The van der Waals surface area contributed by atoms with E-state index in [1.165, 1.54) is 39.3 Å². The zero-order valence-electron chi connectivity index (χ0n) is 15.5. The fraction of sp³-hybridized carbons (Fsp3) is 0.200. The molecule has 2 aromatic carbocycles. The Labute approximate surface area is 171 Å². The third-order valence-corrected chi connectivity index (χ3v) is 5.01. The summed E-state index contributed by atoms with van der Waals surface area (Å²) < 4.78 is 19.5. The number of carbonyl (C=O) groups excluding carboxylic acids is 2. The number of carbonyl (C=O) groups is 2. The maximum Gasteiger partial charge on any atom is 0.340 e. The molecule has 0 radical (unpaired) electrons. The average Bonchev–Trinajstić information content (AvgIpc) is 3.03. The molecule has 7 nitrogen and oxygen atoms in total. The van der Waals surface area contributed by atoms with Gasteiger partial charge in [-0.3, -0.25) is 19.6 Å². The molecule has 2 heterocycles. The Morgan fingerprint density at radius 3 is 2.59 bits per heavy atom. The van der Waals surface area contributed by atoms with Gasteiger partial charge < -0.3 is 4.74 Å². The number of nitrogens with one attached hydrogen (secondary N) is 1. The van der Waals surface area contributed by atoms with E-state index in [1.54, 1.807) is 30.3 Å². The number of benzene rings is 2. The van der Waals surface area contributed by atoms with E-state index in [2.05, 4.69) is 5.43 Å². The van der Waals surface area contributed by atoms with Gasteiger partial charge in [0.25, 0.3) is 5.91 Å². The number of hydrogen-bond donors (Lipinski definition) is 1. The molecule has 9 heteroatoms. The van der Waals surface area contributed by atoms with Crippen LogP contribution in [0.4, 0.5) is 14.9 Å². The van der Waals surface area contributed by atoms with Crippen LogP contribution in [0.3, 0.4) is 0 Å². The van der Waals surface area contributed by atoms with Crippen LogP contribution in [-0.2, 0) is 11.3 Å². The van der Waals surface area contributed by atoms with Gasteiger partial charge in [0, 0.05) is 28.7 Å². The second-order valence-electron chi connectivity index (χ2n) is 6.44. The summed E-state index contributed by atoms with van der Waals surface area (Å²) in [6.07, 6.45) is 2.11. The third kappa shape index (κ3) is 3.52. The summed E-state index contributed by atoms with van der Waals surface area (Å²) in [5.74, 6) is -0.157. The van der Waals surface area contributed by atoms with E-state index in [4.69, 9.17) is 16.3 Å². The van der Waals surface area contributed by atoms with Crippen LogP contribution in [0, 0.1) is 5.82 Å². The zero-order valence-corrected chi connectivity index (χ0v) is 16.3. The molecule has 1 atom stereocenters. The van der Waals surface area contributed by atoms with Gasteiger partial charge in [0.1, 0.15) is 11.6 Å². The SMILES string of the molecule is CCOc1ccc(N2C=CN3C(=O)N(Cc4c(F)cccc4Cl)NC3C2=O)cc1. The highest BCUT2D eigenvalue weighted by molar-refractivity contribution is 6.31. The molecule has 1 unspecified atom stereocenters. The molecule has 0 bridgehead atoms. The summed E-state index contributed by atoms with van der Waals surface area (Å²) in [4.78, 5) is 28.3. The molecule has 4 rings (SSSR count). The molecule has 0 aliphatic carbocycles. The van der Waals surface area contributed by atoms with Crippen molar-refractivity contribution in [1.82, 2.24) is 15.3 Å². The maximum absolute atomic E-state index is 14.1. The Morgan fingerprint density at radius 1 is 1.14 bits per heavy atom. The van der Waals surface area contributed by atoms with E-state index in [9.17, 15) is 14.0 Å². The minimum absolute atomic E-state index is 0.110. The maximum atomic E-state index is 14.1. The monoisotopic (exact) mass is 416 g/mol. The predicted molar refractivity (Wildman–Crippen MR) is 105 cm³/mol. The van der Waals surface area contributed by atoms with Crippen LogP contribution < -0.4 is 15.1 Å². The van der Waals surface area contributed by atoms with Crippen molar-refractivity contribution in [2.45, 2.75) is 19.6 Å². The van der Waals surface area contributed by atoms with Gasteiger partial charge in [0.05, 0.1) is 13.2 Å². The van der Waals surface area contributed by atoms with Crippen molar-refractivity contribution in [3.05, 3.63) is 71.3 Å². The predicted octanol–water partition coefficient (Wildman–Crippen LogP) is 3.46. The highest BCUT2D eigenvalue weighted by Crippen LogP contribution is 2.28. The first-order valence-corrected chi connectivity index (χ1v) is 9.40. The molecule has 29 heavy (non-hydrogen) atoms. The van der Waals surface area contributed by atoms with Crippen LogP contribution in [0.15, 0.2) is 54.9 Å². The van der Waals surface area contributed by atoms with Crippen LogP contribution in [0.5, 0.6) is 5.75 Å². The van der Waals surface area contributed by atoms with Crippen LogP contribution in [0.1, 0.15) is 12.5 Å². The zero-order chi connectivity index (χ0) is 20.5. The summed E-state index contributed by atoms with van der Waals surface area (Å²) in [5, 5.41) is 1.39. The van der Waals surface area contributed by atoms with Crippen LogP contribution >= 0.6 is 11.6 Å².